The van der Waals surface area contributed by atoms with Gasteiger partial charge in [0, 0.05) is 32.2 Å². The number of nitrogens with one attached hydrogen (secondary N) is 1. The largest absolute Gasteiger partial charge is 0.313 e. The van der Waals surface area contributed by atoms with E-state index in [9.17, 15) is 0 Å². The number of benzene rings is 1. The second-order valence-electron chi connectivity index (χ2n) is 5.05. The lowest BCUT2D eigenvalue weighted by Crippen LogP contribution is -2.30. The lowest BCUT2D eigenvalue weighted by Gasteiger charge is -2.20. The Labute approximate surface area is 105 Å². The molecule has 1 aliphatic rings. The monoisotopic (exact) mass is 232 g/mol. The van der Waals surface area contributed by atoms with Gasteiger partial charge >= 0.3 is 0 Å². The molecule has 1 fully saturated rings. The van der Waals surface area contributed by atoms with Gasteiger partial charge in [-0.1, -0.05) is 31.2 Å². The molecule has 0 bridgehead atoms. The van der Waals surface area contributed by atoms with Gasteiger partial charge in [0.05, 0.1) is 0 Å². The molecule has 1 heterocycles. The maximum Gasteiger partial charge on any atom is 0.0236 e. The fourth-order valence-electron chi connectivity index (χ4n) is 2.51. The van der Waals surface area contributed by atoms with E-state index in [-0.39, 0.29) is 0 Å². The summed E-state index contributed by atoms with van der Waals surface area (Å²) < 4.78 is 0. The highest BCUT2D eigenvalue weighted by atomic mass is 15.2. The molecule has 0 spiro atoms. The quantitative estimate of drug-likeness (QED) is 0.861. The molecule has 17 heavy (non-hydrogen) atoms. The molecule has 1 unspecified atom stereocenters. The molecule has 0 saturated carbocycles. The number of nitrogens with zero attached hydrogens (tertiary/aromatic N) is 1. The van der Waals surface area contributed by atoms with Crippen LogP contribution < -0.4 is 5.32 Å². The summed E-state index contributed by atoms with van der Waals surface area (Å²) in [6.07, 6.45) is 2.53. The van der Waals surface area contributed by atoms with Crippen LogP contribution in [0.1, 0.15) is 30.9 Å². The van der Waals surface area contributed by atoms with Gasteiger partial charge in [-0.25, -0.2) is 0 Å². The third-order valence-electron chi connectivity index (χ3n) is 3.80. The standard InChI is InChI=1S/C15H24N2/c1-3-15-8-10-17(11-9-16-15)12-14-7-5-4-6-13(14)2/h4-7,15-16H,3,8-12H2,1-2H3. The van der Waals surface area contributed by atoms with Crippen molar-refractivity contribution in [3.05, 3.63) is 35.4 Å². The van der Waals surface area contributed by atoms with Gasteiger partial charge in [-0.2, -0.15) is 0 Å². The van der Waals surface area contributed by atoms with E-state index in [0.717, 1.165) is 19.1 Å². The van der Waals surface area contributed by atoms with E-state index in [0.29, 0.717) is 0 Å². The third kappa shape index (κ3) is 3.55. The van der Waals surface area contributed by atoms with Crippen molar-refractivity contribution in [3.63, 3.8) is 0 Å². The smallest absolute Gasteiger partial charge is 0.0236 e. The second kappa shape index (κ2) is 6.18. The summed E-state index contributed by atoms with van der Waals surface area (Å²) in [6.45, 7) is 9.11. The van der Waals surface area contributed by atoms with E-state index in [2.05, 4.69) is 48.3 Å². The van der Waals surface area contributed by atoms with Crippen LogP contribution in [0.3, 0.4) is 0 Å². The van der Waals surface area contributed by atoms with E-state index in [1.165, 1.54) is 37.1 Å². The van der Waals surface area contributed by atoms with Crippen LogP contribution in [-0.4, -0.2) is 30.6 Å². The predicted molar refractivity (Wildman–Crippen MR) is 73.2 cm³/mol. The van der Waals surface area contributed by atoms with E-state index in [4.69, 9.17) is 0 Å². The van der Waals surface area contributed by atoms with Crippen LogP contribution in [0.25, 0.3) is 0 Å². The van der Waals surface area contributed by atoms with Gasteiger partial charge < -0.3 is 5.32 Å². The Bertz CT molecular complexity index is 349. The van der Waals surface area contributed by atoms with Gasteiger partial charge in [0.15, 0.2) is 0 Å². The summed E-state index contributed by atoms with van der Waals surface area (Å²) in [5.41, 5.74) is 2.89. The van der Waals surface area contributed by atoms with Crippen LogP contribution in [0.15, 0.2) is 24.3 Å². The van der Waals surface area contributed by atoms with Crippen LogP contribution in [0.2, 0.25) is 0 Å². The fourth-order valence-corrected chi connectivity index (χ4v) is 2.51. The Morgan fingerprint density at radius 1 is 1.29 bits per heavy atom. The Morgan fingerprint density at radius 3 is 2.88 bits per heavy atom. The SMILES string of the molecule is CCC1CCN(Cc2ccccc2C)CCN1. The first-order valence-electron chi connectivity index (χ1n) is 6.80. The first kappa shape index (κ1) is 12.6. The summed E-state index contributed by atoms with van der Waals surface area (Å²) in [4.78, 5) is 2.57. The molecule has 94 valence electrons. The minimum absolute atomic E-state index is 0.719. The molecule has 2 rings (SSSR count). The zero-order chi connectivity index (χ0) is 12.1. The van der Waals surface area contributed by atoms with Gasteiger partial charge in [0.25, 0.3) is 0 Å². The van der Waals surface area contributed by atoms with E-state index in [1.54, 1.807) is 0 Å². The van der Waals surface area contributed by atoms with Crippen molar-refractivity contribution in [3.8, 4) is 0 Å². The first-order valence-corrected chi connectivity index (χ1v) is 6.80. The van der Waals surface area contributed by atoms with Crippen LogP contribution >= 0.6 is 0 Å². The molecule has 1 aromatic carbocycles. The predicted octanol–water partition coefficient (Wildman–Crippen LogP) is 2.57. The van der Waals surface area contributed by atoms with E-state index < -0.39 is 0 Å². The van der Waals surface area contributed by atoms with E-state index >= 15 is 0 Å². The summed E-state index contributed by atoms with van der Waals surface area (Å²) in [6, 6.07) is 9.45. The van der Waals surface area contributed by atoms with Crippen molar-refractivity contribution in [1.29, 1.82) is 0 Å². The molecule has 1 saturated heterocycles. The molecule has 1 atom stereocenters. The van der Waals surface area contributed by atoms with Crippen LogP contribution in [-0.2, 0) is 6.54 Å². The van der Waals surface area contributed by atoms with Gasteiger partial charge in [-0.15, -0.1) is 0 Å². The molecular formula is C15H24N2. The molecule has 1 aromatic rings. The maximum atomic E-state index is 3.62. The zero-order valence-corrected chi connectivity index (χ0v) is 11.1. The summed E-state index contributed by atoms with van der Waals surface area (Å²) in [7, 11) is 0. The van der Waals surface area contributed by atoms with Crippen LogP contribution in [0, 0.1) is 6.92 Å². The zero-order valence-electron chi connectivity index (χ0n) is 11.1. The molecule has 1 N–H and O–H groups in total. The molecule has 0 amide bonds. The van der Waals surface area contributed by atoms with E-state index in [1.807, 2.05) is 0 Å². The Balaban J connectivity index is 1.93. The summed E-state index contributed by atoms with van der Waals surface area (Å²) >= 11 is 0. The summed E-state index contributed by atoms with van der Waals surface area (Å²) in [5.74, 6) is 0. The van der Waals surface area contributed by atoms with Crippen molar-refractivity contribution in [2.75, 3.05) is 19.6 Å². The lowest BCUT2D eigenvalue weighted by molar-refractivity contribution is 0.281. The number of hydrogen-bond donors (Lipinski definition) is 1. The van der Waals surface area contributed by atoms with Gasteiger partial charge in [-0.3, -0.25) is 4.90 Å². The highest BCUT2D eigenvalue weighted by molar-refractivity contribution is 5.25. The highest BCUT2D eigenvalue weighted by Crippen LogP contribution is 2.12. The molecule has 1 aliphatic heterocycles. The molecule has 0 aromatic heterocycles. The Hall–Kier alpha value is -0.860. The van der Waals surface area contributed by atoms with Crippen LogP contribution in [0.5, 0.6) is 0 Å². The fraction of sp³-hybridized carbons (Fsp3) is 0.600. The maximum absolute atomic E-state index is 3.62. The molecule has 0 aliphatic carbocycles. The van der Waals surface area contributed by atoms with Crippen molar-refractivity contribution >= 4 is 0 Å². The Kier molecular flexibility index (Phi) is 4.57. The minimum atomic E-state index is 0.719. The number of hydrogen-bond acceptors (Lipinski definition) is 2. The molecular weight excluding hydrogens is 208 g/mol. The highest BCUT2D eigenvalue weighted by Gasteiger charge is 2.15. The lowest BCUT2D eigenvalue weighted by atomic mass is 10.1. The van der Waals surface area contributed by atoms with Gasteiger partial charge in [0.1, 0.15) is 0 Å². The molecule has 2 nitrogen and oxygen atoms in total. The average molecular weight is 232 g/mol. The van der Waals surface area contributed by atoms with Crippen molar-refractivity contribution in [2.45, 2.75) is 39.3 Å². The Morgan fingerprint density at radius 2 is 2.12 bits per heavy atom. The van der Waals surface area contributed by atoms with Crippen molar-refractivity contribution in [2.24, 2.45) is 0 Å². The summed E-state index contributed by atoms with van der Waals surface area (Å²) in [5, 5.41) is 3.62. The number of aryl methyl sites for hydroxylation is 1. The minimum Gasteiger partial charge on any atom is -0.313 e. The van der Waals surface area contributed by atoms with Gasteiger partial charge in [0.2, 0.25) is 0 Å². The van der Waals surface area contributed by atoms with Crippen molar-refractivity contribution in [1.82, 2.24) is 10.2 Å². The normalized spacial score (nSPS) is 22.4. The van der Waals surface area contributed by atoms with Crippen LogP contribution in [0.4, 0.5) is 0 Å². The number of rotatable bonds is 3. The van der Waals surface area contributed by atoms with Gasteiger partial charge in [-0.05, 0) is 30.9 Å². The second-order valence-corrected chi connectivity index (χ2v) is 5.05. The van der Waals surface area contributed by atoms with Crippen molar-refractivity contribution < 1.29 is 0 Å². The first-order chi connectivity index (χ1) is 8.29. The molecule has 2 heteroatoms. The topological polar surface area (TPSA) is 15.3 Å². The molecule has 0 radical (unpaired) electrons. The third-order valence-corrected chi connectivity index (χ3v) is 3.80. The average Bonchev–Trinajstić information content (AvgIpc) is 2.57.